The molecule has 0 spiro atoms. The number of hydrogen-bond donors (Lipinski definition) is 0. The van der Waals surface area contributed by atoms with Crippen molar-refractivity contribution in [3.63, 3.8) is 0 Å². The van der Waals surface area contributed by atoms with Gasteiger partial charge in [-0.25, -0.2) is 4.79 Å². The second-order valence-electron chi connectivity index (χ2n) is 9.76. The molecule has 0 radical (unpaired) electrons. The SMILES string of the molecule is CN(C)C(=O)n1nc(B2OC(C)(C)C(C)(C)O2)cc1B1OC(C)(C)C(C)(C)O1. The molecule has 0 unspecified atom stereocenters. The van der Waals surface area contributed by atoms with Gasteiger partial charge >= 0.3 is 20.3 Å². The van der Waals surface area contributed by atoms with E-state index in [9.17, 15) is 4.79 Å². The first-order valence-corrected chi connectivity index (χ1v) is 9.61. The number of carbonyl (C=O) groups is 1. The van der Waals surface area contributed by atoms with E-state index in [2.05, 4.69) is 5.10 Å². The zero-order valence-corrected chi connectivity index (χ0v) is 18.6. The number of aromatic nitrogens is 2. The van der Waals surface area contributed by atoms with Crippen molar-refractivity contribution in [2.24, 2.45) is 0 Å². The van der Waals surface area contributed by atoms with E-state index in [0.29, 0.717) is 11.2 Å². The minimum atomic E-state index is -0.724. The minimum Gasteiger partial charge on any atom is -0.398 e. The lowest BCUT2D eigenvalue weighted by molar-refractivity contribution is 0.00578. The van der Waals surface area contributed by atoms with Gasteiger partial charge in [-0.05, 0) is 61.5 Å². The summed E-state index contributed by atoms with van der Waals surface area (Å²) in [6.07, 6.45) is 0. The molecular weight excluding hydrogens is 360 g/mol. The summed E-state index contributed by atoms with van der Waals surface area (Å²) in [6, 6.07) is 1.47. The lowest BCUT2D eigenvalue weighted by Crippen LogP contribution is -2.44. The highest BCUT2D eigenvalue weighted by Crippen LogP contribution is 2.37. The van der Waals surface area contributed by atoms with Crippen LogP contribution in [0.2, 0.25) is 0 Å². The lowest BCUT2D eigenvalue weighted by Gasteiger charge is -2.32. The van der Waals surface area contributed by atoms with Crippen LogP contribution in [0.5, 0.6) is 0 Å². The van der Waals surface area contributed by atoms with Crippen LogP contribution in [0.25, 0.3) is 0 Å². The van der Waals surface area contributed by atoms with Gasteiger partial charge < -0.3 is 23.5 Å². The first-order valence-electron chi connectivity index (χ1n) is 9.61. The number of carbonyl (C=O) groups excluding carboxylic acids is 1. The van der Waals surface area contributed by atoms with Gasteiger partial charge in [0.25, 0.3) is 0 Å². The van der Waals surface area contributed by atoms with Crippen molar-refractivity contribution in [1.29, 1.82) is 0 Å². The van der Waals surface area contributed by atoms with Crippen LogP contribution in [0.3, 0.4) is 0 Å². The second-order valence-corrected chi connectivity index (χ2v) is 9.76. The van der Waals surface area contributed by atoms with E-state index >= 15 is 0 Å². The molecule has 3 rings (SSSR count). The van der Waals surface area contributed by atoms with E-state index in [-0.39, 0.29) is 6.03 Å². The third-order valence-corrected chi connectivity index (χ3v) is 6.31. The zero-order chi connectivity index (χ0) is 21.3. The molecule has 2 aliphatic heterocycles. The fourth-order valence-corrected chi connectivity index (χ4v) is 2.97. The molecular formula is C18H31B2N3O5. The molecule has 0 bridgehead atoms. The molecule has 1 aromatic heterocycles. The van der Waals surface area contributed by atoms with Crippen molar-refractivity contribution in [2.45, 2.75) is 77.8 Å². The molecule has 10 heteroatoms. The highest BCUT2D eigenvalue weighted by atomic mass is 16.7. The maximum atomic E-state index is 12.8. The van der Waals surface area contributed by atoms with Gasteiger partial charge in [0.15, 0.2) is 0 Å². The Bertz CT molecular complexity index is 756. The number of amides is 1. The van der Waals surface area contributed by atoms with Crippen LogP contribution in [0, 0.1) is 0 Å². The Kier molecular flexibility index (Phi) is 4.82. The standard InChI is InChI=1S/C18H31B2N3O5/c1-15(2)16(3,4)26-19(25-15)12-11-13(23(21-12)14(24)22(9)10)20-27-17(5,6)18(7,8)28-20/h11H,1-10H3. The van der Waals surface area contributed by atoms with Gasteiger partial charge in [0.1, 0.15) is 0 Å². The Balaban J connectivity index is 2.00. The predicted molar refractivity (Wildman–Crippen MR) is 108 cm³/mol. The van der Waals surface area contributed by atoms with E-state index in [1.807, 2.05) is 55.4 Å². The first-order chi connectivity index (χ1) is 12.6. The molecule has 2 aliphatic rings. The molecule has 2 saturated heterocycles. The van der Waals surface area contributed by atoms with Crippen LogP contribution in [-0.4, -0.2) is 71.4 Å². The molecule has 1 amide bonds. The van der Waals surface area contributed by atoms with Crippen molar-refractivity contribution in [1.82, 2.24) is 14.7 Å². The Morgan fingerprint density at radius 3 is 1.64 bits per heavy atom. The Morgan fingerprint density at radius 1 is 0.857 bits per heavy atom. The Hall–Kier alpha value is -1.35. The van der Waals surface area contributed by atoms with Gasteiger partial charge in [-0.3, -0.25) is 0 Å². The van der Waals surface area contributed by atoms with Crippen LogP contribution < -0.4 is 11.2 Å². The smallest absolute Gasteiger partial charge is 0.398 e. The number of hydrogen-bond acceptors (Lipinski definition) is 6. The quantitative estimate of drug-likeness (QED) is 0.701. The largest absolute Gasteiger partial charge is 0.516 e. The van der Waals surface area contributed by atoms with Gasteiger partial charge in [0, 0.05) is 14.1 Å². The average molecular weight is 391 g/mol. The van der Waals surface area contributed by atoms with Gasteiger partial charge in [0.2, 0.25) is 0 Å². The molecule has 3 heterocycles. The summed E-state index contributed by atoms with van der Waals surface area (Å²) in [6.45, 7) is 15.8. The Morgan fingerprint density at radius 2 is 1.25 bits per heavy atom. The fraction of sp³-hybridized carbons (Fsp3) is 0.778. The van der Waals surface area contributed by atoms with E-state index < -0.39 is 36.6 Å². The molecule has 154 valence electrons. The van der Waals surface area contributed by atoms with Crippen molar-refractivity contribution in [3.05, 3.63) is 6.07 Å². The monoisotopic (exact) mass is 391 g/mol. The zero-order valence-electron chi connectivity index (χ0n) is 18.6. The summed E-state index contributed by atoms with van der Waals surface area (Å²) in [5, 5.41) is 4.50. The van der Waals surface area contributed by atoms with Crippen LogP contribution in [0.15, 0.2) is 6.07 Å². The normalized spacial score (nSPS) is 24.6. The summed E-state index contributed by atoms with van der Waals surface area (Å²) in [5.41, 5.74) is -1.04. The van der Waals surface area contributed by atoms with Crippen molar-refractivity contribution in [2.75, 3.05) is 14.1 Å². The molecule has 0 N–H and O–H groups in total. The predicted octanol–water partition coefficient (Wildman–Crippen LogP) is 1.01. The van der Waals surface area contributed by atoms with Gasteiger partial charge in [-0.2, -0.15) is 9.78 Å². The summed E-state index contributed by atoms with van der Waals surface area (Å²) in [7, 11) is 1.94. The van der Waals surface area contributed by atoms with E-state index in [1.54, 1.807) is 20.2 Å². The third-order valence-electron chi connectivity index (χ3n) is 6.31. The van der Waals surface area contributed by atoms with Gasteiger partial charge in [-0.1, -0.05) is 0 Å². The van der Waals surface area contributed by atoms with Crippen LogP contribution >= 0.6 is 0 Å². The number of nitrogens with zero attached hydrogens (tertiary/aromatic N) is 3. The van der Waals surface area contributed by atoms with Crippen molar-refractivity contribution >= 4 is 31.5 Å². The summed E-state index contributed by atoms with van der Waals surface area (Å²) < 4.78 is 25.8. The number of rotatable bonds is 2. The maximum absolute atomic E-state index is 12.8. The molecule has 0 saturated carbocycles. The molecule has 0 aromatic carbocycles. The van der Waals surface area contributed by atoms with E-state index in [0.717, 1.165) is 0 Å². The van der Waals surface area contributed by atoms with Crippen molar-refractivity contribution < 1.29 is 23.4 Å². The maximum Gasteiger partial charge on any atom is 0.516 e. The fourth-order valence-electron chi connectivity index (χ4n) is 2.97. The van der Waals surface area contributed by atoms with Crippen LogP contribution in [-0.2, 0) is 18.6 Å². The van der Waals surface area contributed by atoms with Gasteiger partial charge in [0.05, 0.1) is 33.6 Å². The molecule has 2 fully saturated rings. The summed E-state index contributed by atoms with van der Waals surface area (Å²) in [4.78, 5) is 14.2. The van der Waals surface area contributed by atoms with E-state index in [4.69, 9.17) is 18.6 Å². The topological polar surface area (TPSA) is 75.1 Å². The average Bonchev–Trinajstić information content (AvgIpc) is 3.10. The van der Waals surface area contributed by atoms with Gasteiger partial charge in [-0.15, -0.1) is 0 Å². The Labute approximate surface area is 168 Å². The third kappa shape index (κ3) is 3.30. The van der Waals surface area contributed by atoms with Crippen LogP contribution in [0.4, 0.5) is 4.79 Å². The summed E-state index contributed by atoms with van der Waals surface area (Å²) >= 11 is 0. The molecule has 1 aromatic rings. The van der Waals surface area contributed by atoms with Crippen LogP contribution in [0.1, 0.15) is 55.4 Å². The summed E-state index contributed by atoms with van der Waals surface area (Å²) in [5.74, 6) is 0. The first kappa shape index (κ1) is 21.4. The van der Waals surface area contributed by atoms with Crippen molar-refractivity contribution in [3.8, 4) is 0 Å². The molecule has 0 aliphatic carbocycles. The highest BCUT2D eigenvalue weighted by Gasteiger charge is 2.56. The lowest BCUT2D eigenvalue weighted by atomic mass is 9.79. The molecule has 8 nitrogen and oxygen atoms in total. The molecule has 28 heavy (non-hydrogen) atoms. The second kappa shape index (κ2) is 6.32. The van der Waals surface area contributed by atoms with E-state index in [1.165, 1.54) is 9.58 Å². The molecule has 0 atom stereocenters. The highest BCUT2D eigenvalue weighted by molar-refractivity contribution is 6.65. The minimum absolute atomic E-state index is 0.299.